The molecule has 2 aromatic heterocycles. The molecular weight excluding hydrogens is 439 g/mol. The van der Waals surface area contributed by atoms with Crippen LogP contribution in [-0.4, -0.2) is 32.0 Å². The van der Waals surface area contributed by atoms with Crippen LogP contribution in [0.15, 0.2) is 51.8 Å². The van der Waals surface area contributed by atoms with E-state index in [0.29, 0.717) is 5.76 Å². The van der Waals surface area contributed by atoms with Crippen LogP contribution in [0.25, 0.3) is 11.3 Å². The molecule has 1 amide bonds. The lowest BCUT2D eigenvalue weighted by molar-refractivity contribution is -0.120. The Morgan fingerprint density at radius 1 is 1.19 bits per heavy atom. The summed E-state index contributed by atoms with van der Waals surface area (Å²) in [4.78, 5) is 15.9. The molecule has 4 N–H and O–H groups in total. The van der Waals surface area contributed by atoms with Crippen LogP contribution in [0.2, 0.25) is 0 Å². The number of nitrogens with one attached hydrogen (secondary N) is 2. The molecule has 2 heterocycles. The molecule has 11 heteroatoms. The molecule has 0 fully saturated rings. The van der Waals surface area contributed by atoms with Crippen molar-refractivity contribution in [1.29, 1.82) is 0 Å². The second-order valence-corrected chi connectivity index (χ2v) is 9.26. The summed E-state index contributed by atoms with van der Waals surface area (Å²) >= 11 is 0. The van der Waals surface area contributed by atoms with Gasteiger partial charge >= 0.3 is 0 Å². The molecule has 0 unspecified atom stereocenters. The normalized spacial score (nSPS) is 11.8. The van der Waals surface area contributed by atoms with Gasteiger partial charge in [-0.1, -0.05) is 0 Å². The Bertz CT molecular complexity index is 1270. The molecule has 170 valence electrons. The zero-order valence-corrected chi connectivity index (χ0v) is 18.7. The van der Waals surface area contributed by atoms with Gasteiger partial charge in [-0.2, -0.15) is 0 Å². The fraction of sp³-hybridized carbons (Fsp3) is 0.238. The number of hydrogen-bond donors (Lipinski definition) is 3. The number of rotatable bonds is 7. The number of nitrogens with zero attached hydrogens (tertiary/aromatic N) is 1. The number of benzene rings is 1. The van der Waals surface area contributed by atoms with Gasteiger partial charge in [-0.25, -0.2) is 17.8 Å². The highest BCUT2D eigenvalue weighted by Gasteiger charge is 2.24. The molecule has 1 aromatic carbocycles. The van der Waals surface area contributed by atoms with Crippen LogP contribution < -0.4 is 20.5 Å². The van der Waals surface area contributed by atoms with Gasteiger partial charge in [0.2, 0.25) is 5.91 Å². The zero-order valence-electron chi connectivity index (χ0n) is 17.9. The number of carbonyl (C=O) groups excluding carboxylic acids is 1. The van der Waals surface area contributed by atoms with Crippen molar-refractivity contribution in [3.8, 4) is 17.1 Å². The molecule has 0 atom stereocenters. The lowest BCUT2D eigenvalue weighted by Crippen LogP contribution is -2.45. The van der Waals surface area contributed by atoms with E-state index in [1.165, 1.54) is 45.2 Å². The Labute approximate surface area is 184 Å². The van der Waals surface area contributed by atoms with Crippen LogP contribution in [0.1, 0.15) is 19.6 Å². The molecule has 0 bridgehead atoms. The van der Waals surface area contributed by atoms with E-state index in [-0.39, 0.29) is 33.6 Å². The van der Waals surface area contributed by atoms with E-state index in [2.05, 4.69) is 15.0 Å². The summed E-state index contributed by atoms with van der Waals surface area (Å²) in [6.07, 6.45) is 0. The van der Waals surface area contributed by atoms with Crippen molar-refractivity contribution in [2.45, 2.75) is 31.2 Å². The fourth-order valence-electron chi connectivity index (χ4n) is 2.66. The van der Waals surface area contributed by atoms with E-state index in [1.807, 2.05) is 0 Å². The van der Waals surface area contributed by atoms with Crippen molar-refractivity contribution in [2.24, 2.45) is 5.73 Å². The molecule has 0 saturated heterocycles. The molecule has 32 heavy (non-hydrogen) atoms. The number of methoxy groups -OCH3 is 1. The average molecular weight is 463 g/mol. The van der Waals surface area contributed by atoms with Crippen molar-refractivity contribution >= 4 is 27.6 Å². The van der Waals surface area contributed by atoms with E-state index in [4.69, 9.17) is 14.9 Å². The Morgan fingerprint density at radius 3 is 2.47 bits per heavy atom. The van der Waals surface area contributed by atoms with Crippen LogP contribution in [0, 0.1) is 12.7 Å². The Kier molecular flexibility index (Phi) is 6.24. The minimum absolute atomic E-state index is 0.0572. The molecule has 0 aliphatic rings. The third-order valence-electron chi connectivity index (χ3n) is 4.39. The second kappa shape index (κ2) is 8.60. The van der Waals surface area contributed by atoms with Crippen molar-refractivity contribution < 1.29 is 26.8 Å². The van der Waals surface area contributed by atoms with E-state index in [0.717, 1.165) is 6.07 Å². The van der Waals surface area contributed by atoms with E-state index >= 15 is 0 Å². The van der Waals surface area contributed by atoms with E-state index in [1.54, 1.807) is 19.1 Å². The molecule has 0 aliphatic carbocycles. The molecule has 0 saturated carbocycles. The van der Waals surface area contributed by atoms with Crippen LogP contribution in [-0.2, 0) is 14.8 Å². The number of nitrogens with two attached hydrogens (primary N) is 1. The summed E-state index contributed by atoms with van der Waals surface area (Å²) in [6, 6.07) is 9.56. The average Bonchev–Trinajstić information content (AvgIpc) is 3.13. The summed E-state index contributed by atoms with van der Waals surface area (Å²) < 4.78 is 53.2. The van der Waals surface area contributed by atoms with Crippen molar-refractivity contribution in [2.75, 3.05) is 17.1 Å². The molecule has 0 aliphatic heterocycles. The van der Waals surface area contributed by atoms with Gasteiger partial charge < -0.3 is 20.2 Å². The Hall–Kier alpha value is -3.44. The quantitative estimate of drug-likeness (QED) is 0.490. The number of anilines is 2. The topological polar surface area (TPSA) is 137 Å². The summed E-state index contributed by atoms with van der Waals surface area (Å²) in [7, 11) is -2.91. The van der Waals surface area contributed by atoms with Gasteiger partial charge in [0.1, 0.15) is 23.2 Å². The van der Waals surface area contributed by atoms with Crippen LogP contribution in [0.3, 0.4) is 0 Å². The molecule has 3 rings (SSSR count). The summed E-state index contributed by atoms with van der Waals surface area (Å²) in [6.45, 7) is 4.74. The first-order valence-corrected chi connectivity index (χ1v) is 10.9. The highest BCUT2D eigenvalue weighted by molar-refractivity contribution is 7.92. The second-order valence-electron chi connectivity index (χ2n) is 7.58. The smallest absolute Gasteiger partial charge is 0.263 e. The molecule has 9 nitrogen and oxygen atoms in total. The van der Waals surface area contributed by atoms with Crippen molar-refractivity contribution in [3.05, 3.63) is 54.0 Å². The number of hydrogen-bond acceptors (Lipinski definition) is 7. The van der Waals surface area contributed by atoms with Crippen LogP contribution in [0.5, 0.6) is 5.75 Å². The number of aromatic nitrogens is 1. The molecule has 3 aromatic rings. The van der Waals surface area contributed by atoms with Gasteiger partial charge in [-0.15, -0.1) is 0 Å². The lowest BCUT2D eigenvalue weighted by atomic mass is 10.1. The van der Waals surface area contributed by atoms with Crippen molar-refractivity contribution in [3.63, 3.8) is 0 Å². The third-order valence-corrected chi connectivity index (χ3v) is 5.73. The number of pyridine rings is 1. The van der Waals surface area contributed by atoms with E-state index in [9.17, 15) is 17.6 Å². The number of carbonyl (C=O) groups is 1. The predicted molar refractivity (Wildman–Crippen MR) is 117 cm³/mol. The SMILES string of the molecule is COc1ccc(NC(=O)C(C)(C)N)nc1NS(=O)(=O)c1ccc(-c2ccc(C)o2)c(F)c1. The lowest BCUT2D eigenvalue weighted by Gasteiger charge is -2.18. The first-order valence-electron chi connectivity index (χ1n) is 9.45. The first kappa shape index (κ1) is 23.2. The summed E-state index contributed by atoms with van der Waals surface area (Å²) in [5, 5.41) is 2.50. The minimum atomic E-state index is -4.24. The monoisotopic (exact) mass is 462 g/mol. The molecule has 0 spiro atoms. The maximum Gasteiger partial charge on any atom is 0.263 e. The third kappa shape index (κ3) is 5.06. The highest BCUT2D eigenvalue weighted by atomic mass is 32.2. The first-order chi connectivity index (χ1) is 14.9. The molecule has 0 radical (unpaired) electrons. The number of halogens is 1. The Morgan fingerprint density at radius 2 is 1.91 bits per heavy atom. The maximum atomic E-state index is 14.6. The summed E-state index contributed by atoms with van der Waals surface area (Å²) in [5.74, 6) is -0.440. The number of aryl methyl sites for hydroxylation is 1. The minimum Gasteiger partial charge on any atom is -0.493 e. The fourth-order valence-corrected chi connectivity index (χ4v) is 3.68. The zero-order chi connectivity index (χ0) is 23.7. The van der Waals surface area contributed by atoms with Gasteiger partial charge in [-0.05, 0) is 63.2 Å². The number of sulfonamides is 1. The van der Waals surface area contributed by atoms with Crippen molar-refractivity contribution in [1.82, 2.24) is 4.98 Å². The molecular formula is C21H23FN4O5S. The largest absolute Gasteiger partial charge is 0.493 e. The number of ether oxygens (including phenoxy) is 1. The van der Waals surface area contributed by atoms with Gasteiger partial charge in [-0.3, -0.25) is 9.52 Å². The standard InChI is InChI=1S/C21H23FN4O5S/c1-12-5-8-16(31-12)14-7-6-13(11-15(14)22)32(28,29)26-19-17(30-4)9-10-18(24-19)25-20(27)21(2,3)23/h5-11H,23H2,1-4H3,(H2,24,25,26,27). The Balaban J connectivity index is 1.91. The summed E-state index contributed by atoms with van der Waals surface area (Å²) in [5.41, 5.74) is 4.70. The highest BCUT2D eigenvalue weighted by Crippen LogP contribution is 2.30. The van der Waals surface area contributed by atoms with E-state index < -0.39 is 27.3 Å². The van der Waals surface area contributed by atoms with Crippen LogP contribution in [0.4, 0.5) is 16.0 Å². The number of furan rings is 1. The van der Waals surface area contributed by atoms with Gasteiger partial charge in [0.05, 0.1) is 23.1 Å². The van der Waals surface area contributed by atoms with Gasteiger partial charge in [0, 0.05) is 0 Å². The van der Waals surface area contributed by atoms with Gasteiger partial charge in [0.25, 0.3) is 10.0 Å². The predicted octanol–water partition coefficient (Wildman–Crippen LogP) is 3.27. The number of amides is 1. The maximum absolute atomic E-state index is 14.6. The van der Waals surface area contributed by atoms with Crippen LogP contribution >= 0.6 is 0 Å². The van der Waals surface area contributed by atoms with Gasteiger partial charge in [0.15, 0.2) is 11.6 Å².